The molecule has 0 bridgehead atoms. The molecular formula is C14H13N3O2S2. The number of rotatable bonds is 4. The minimum atomic E-state index is -3.68. The third kappa shape index (κ3) is 2.70. The summed E-state index contributed by atoms with van der Waals surface area (Å²) < 4.78 is 28.6. The molecule has 3 rings (SSSR count). The van der Waals surface area contributed by atoms with E-state index in [0.29, 0.717) is 11.4 Å². The van der Waals surface area contributed by atoms with Crippen molar-refractivity contribution in [2.75, 3.05) is 17.1 Å². The second kappa shape index (κ2) is 5.34. The lowest BCUT2D eigenvalue weighted by Gasteiger charge is -2.11. The highest BCUT2D eigenvalue weighted by Crippen LogP contribution is 2.27. The van der Waals surface area contributed by atoms with Crippen LogP contribution in [0.3, 0.4) is 0 Å². The fraction of sp³-hybridized carbons (Fsp3) is 0.0714. The Morgan fingerprint density at radius 2 is 2.05 bits per heavy atom. The van der Waals surface area contributed by atoms with E-state index in [-0.39, 0.29) is 4.90 Å². The smallest absolute Gasteiger partial charge is 0.265 e. The first-order valence-electron chi connectivity index (χ1n) is 6.22. The van der Waals surface area contributed by atoms with Crippen molar-refractivity contribution in [3.63, 3.8) is 0 Å². The number of sulfonamides is 1. The van der Waals surface area contributed by atoms with Crippen LogP contribution in [0.15, 0.2) is 53.0 Å². The van der Waals surface area contributed by atoms with Crippen LogP contribution in [-0.2, 0) is 10.0 Å². The van der Waals surface area contributed by atoms with Crippen LogP contribution in [0.25, 0.3) is 10.1 Å². The van der Waals surface area contributed by atoms with E-state index in [2.05, 4.69) is 15.0 Å². The lowest BCUT2D eigenvalue weighted by molar-refractivity contribution is 0.601. The molecule has 2 N–H and O–H groups in total. The maximum atomic E-state index is 12.5. The van der Waals surface area contributed by atoms with Crippen LogP contribution in [0.5, 0.6) is 0 Å². The summed E-state index contributed by atoms with van der Waals surface area (Å²) >= 11 is 1.62. The first-order valence-corrected chi connectivity index (χ1v) is 8.58. The standard InChI is InChI=1S/C14H13N3O2S2/c1-15-12-4-6-16-9-14(12)21(18,19)17-11-2-3-13-10(8-11)5-7-20-13/h2-9,17H,1H3,(H,15,16). The van der Waals surface area contributed by atoms with Crippen molar-refractivity contribution in [2.45, 2.75) is 4.90 Å². The highest BCUT2D eigenvalue weighted by atomic mass is 32.2. The molecule has 0 radical (unpaired) electrons. The second-order valence-electron chi connectivity index (χ2n) is 4.40. The zero-order valence-corrected chi connectivity index (χ0v) is 12.8. The summed E-state index contributed by atoms with van der Waals surface area (Å²) in [5, 5.41) is 5.84. The molecule has 108 valence electrons. The van der Waals surface area contributed by atoms with Gasteiger partial charge in [0.1, 0.15) is 4.90 Å². The average Bonchev–Trinajstić information content (AvgIpc) is 2.94. The number of fused-ring (bicyclic) bond motifs is 1. The summed E-state index contributed by atoms with van der Waals surface area (Å²) in [4.78, 5) is 4.01. The Bertz CT molecular complexity index is 888. The van der Waals surface area contributed by atoms with Crippen molar-refractivity contribution in [2.24, 2.45) is 0 Å². The molecule has 1 aromatic carbocycles. The van der Waals surface area contributed by atoms with Crippen LogP contribution in [0.4, 0.5) is 11.4 Å². The minimum Gasteiger partial charge on any atom is -0.387 e. The molecule has 0 spiro atoms. The van der Waals surface area contributed by atoms with Gasteiger partial charge in [-0.3, -0.25) is 9.71 Å². The molecule has 0 aliphatic carbocycles. The molecule has 0 fully saturated rings. The summed E-state index contributed by atoms with van der Waals surface area (Å²) in [5.74, 6) is 0. The molecule has 0 aliphatic heterocycles. The Balaban J connectivity index is 1.98. The Hall–Kier alpha value is -2.12. The second-order valence-corrected chi connectivity index (χ2v) is 7.00. The van der Waals surface area contributed by atoms with Gasteiger partial charge in [-0.2, -0.15) is 0 Å². The van der Waals surface area contributed by atoms with Crippen LogP contribution in [-0.4, -0.2) is 20.4 Å². The molecule has 0 atom stereocenters. The third-order valence-corrected chi connectivity index (χ3v) is 5.35. The highest BCUT2D eigenvalue weighted by molar-refractivity contribution is 7.92. The lowest BCUT2D eigenvalue weighted by Crippen LogP contribution is -2.15. The number of thiophene rings is 1. The van der Waals surface area contributed by atoms with Crippen LogP contribution >= 0.6 is 11.3 Å². The van der Waals surface area contributed by atoms with Crippen molar-refractivity contribution in [1.29, 1.82) is 0 Å². The van der Waals surface area contributed by atoms with E-state index in [1.54, 1.807) is 36.7 Å². The van der Waals surface area contributed by atoms with Crippen molar-refractivity contribution >= 4 is 42.8 Å². The molecule has 21 heavy (non-hydrogen) atoms. The predicted molar refractivity (Wildman–Crippen MR) is 86.4 cm³/mol. The fourth-order valence-corrected chi connectivity index (χ4v) is 4.02. The van der Waals surface area contributed by atoms with Gasteiger partial charge >= 0.3 is 0 Å². The number of hydrogen-bond acceptors (Lipinski definition) is 5. The van der Waals surface area contributed by atoms with E-state index < -0.39 is 10.0 Å². The summed E-state index contributed by atoms with van der Waals surface area (Å²) in [6, 6.07) is 9.06. The molecule has 0 saturated heterocycles. The largest absolute Gasteiger partial charge is 0.387 e. The molecule has 2 heterocycles. The molecule has 7 heteroatoms. The molecule has 3 aromatic rings. The van der Waals surface area contributed by atoms with Crippen molar-refractivity contribution in [3.05, 3.63) is 48.1 Å². The zero-order valence-electron chi connectivity index (χ0n) is 11.2. The van der Waals surface area contributed by atoms with Gasteiger partial charge in [0, 0.05) is 29.8 Å². The van der Waals surface area contributed by atoms with Crippen molar-refractivity contribution in [1.82, 2.24) is 4.98 Å². The Morgan fingerprint density at radius 1 is 1.19 bits per heavy atom. The average molecular weight is 319 g/mol. The Labute approximate surface area is 126 Å². The number of nitrogens with zero attached hydrogens (tertiary/aromatic N) is 1. The van der Waals surface area contributed by atoms with Crippen LogP contribution < -0.4 is 10.0 Å². The Morgan fingerprint density at radius 3 is 2.86 bits per heavy atom. The van der Waals surface area contributed by atoms with Crippen molar-refractivity contribution < 1.29 is 8.42 Å². The van der Waals surface area contributed by atoms with Gasteiger partial charge in [0.05, 0.1) is 5.69 Å². The van der Waals surface area contributed by atoms with Gasteiger partial charge in [0.25, 0.3) is 10.0 Å². The van der Waals surface area contributed by atoms with E-state index >= 15 is 0 Å². The van der Waals surface area contributed by atoms with Gasteiger partial charge < -0.3 is 5.32 Å². The molecule has 0 amide bonds. The summed E-state index contributed by atoms with van der Waals surface area (Å²) in [6.45, 7) is 0. The molecule has 0 saturated carbocycles. The van der Waals surface area contributed by atoms with E-state index in [1.165, 1.54) is 6.20 Å². The molecule has 0 aliphatic rings. The minimum absolute atomic E-state index is 0.123. The SMILES string of the molecule is CNc1ccncc1S(=O)(=O)Nc1ccc2sccc2c1. The van der Waals surface area contributed by atoms with E-state index in [0.717, 1.165) is 10.1 Å². The van der Waals surface area contributed by atoms with Crippen LogP contribution in [0.1, 0.15) is 0 Å². The van der Waals surface area contributed by atoms with Gasteiger partial charge in [-0.15, -0.1) is 11.3 Å². The monoisotopic (exact) mass is 319 g/mol. The molecule has 0 unspecified atom stereocenters. The first kappa shape index (κ1) is 13.8. The third-order valence-electron chi connectivity index (χ3n) is 3.05. The first-order chi connectivity index (χ1) is 10.1. The molecule has 5 nitrogen and oxygen atoms in total. The van der Waals surface area contributed by atoms with Crippen molar-refractivity contribution in [3.8, 4) is 0 Å². The maximum absolute atomic E-state index is 12.5. The Kier molecular flexibility index (Phi) is 3.52. The molecule has 2 aromatic heterocycles. The fourth-order valence-electron chi connectivity index (χ4n) is 2.04. The topological polar surface area (TPSA) is 71.1 Å². The number of pyridine rings is 1. The lowest BCUT2D eigenvalue weighted by atomic mass is 10.2. The van der Waals surface area contributed by atoms with E-state index in [4.69, 9.17) is 0 Å². The summed E-state index contributed by atoms with van der Waals surface area (Å²) in [5.41, 5.74) is 1.04. The van der Waals surface area contributed by atoms with Crippen LogP contribution in [0.2, 0.25) is 0 Å². The van der Waals surface area contributed by atoms with Gasteiger partial charge in [-0.05, 0) is 41.1 Å². The predicted octanol–water partition coefficient (Wildman–Crippen LogP) is 3.14. The van der Waals surface area contributed by atoms with Gasteiger partial charge in [-0.25, -0.2) is 8.42 Å². The number of benzene rings is 1. The summed E-state index contributed by atoms with van der Waals surface area (Å²) in [6.07, 6.45) is 2.87. The number of aromatic nitrogens is 1. The van der Waals surface area contributed by atoms with Crippen LogP contribution in [0, 0.1) is 0 Å². The van der Waals surface area contributed by atoms with Gasteiger partial charge in [0.15, 0.2) is 0 Å². The zero-order chi connectivity index (χ0) is 14.9. The normalized spacial score (nSPS) is 11.5. The van der Waals surface area contributed by atoms with Gasteiger partial charge in [-0.1, -0.05) is 0 Å². The number of nitrogens with one attached hydrogen (secondary N) is 2. The maximum Gasteiger partial charge on any atom is 0.265 e. The number of hydrogen-bond donors (Lipinski definition) is 2. The van der Waals surface area contributed by atoms with E-state index in [1.807, 2.05) is 23.6 Å². The molecular weight excluding hydrogens is 306 g/mol. The number of anilines is 2. The van der Waals surface area contributed by atoms with E-state index in [9.17, 15) is 8.42 Å². The van der Waals surface area contributed by atoms with Gasteiger partial charge in [0.2, 0.25) is 0 Å². The highest BCUT2D eigenvalue weighted by Gasteiger charge is 2.18. The quantitative estimate of drug-likeness (QED) is 0.775. The summed E-state index contributed by atoms with van der Waals surface area (Å²) in [7, 11) is -2.01.